The number of hydrogen-bond acceptors (Lipinski definition) is 4. The molecule has 1 aliphatic carbocycles. The van der Waals surface area contributed by atoms with Gasteiger partial charge in [0.2, 0.25) is 0 Å². The Hall–Kier alpha value is -1.29. The topological polar surface area (TPSA) is 42.1 Å². The second-order valence-electron chi connectivity index (χ2n) is 6.26. The predicted octanol–water partition coefficient (Wildman–Crippen LogP) is 3.90. The molecule has 106 valence electrons. The molecule has 2 heterocycles. The number of thiazole rings is 1. The molecule has 3 nitrogen and oxygen atoms in total. The molecule has 0 amide bonds. The number of nitrogen functional groups attached to an aromatic ring is 1. The second kappa shape index (κ2) is 4.92. The predicted molar refractivity (Wildman–Crippen MR) is 86.3 cm³/mol. The molecule has 2 atom stereocenters. The summed E-state index contributed by atoms with van der Waals surface area (Å²) in [6.45, 7) is 2.39. The van der Waals surface area contributed by atoms with Crippen LogP contribution in [0.2, 0.25) is 0 Å². The number of aromatic nitrogens is 1. The van der Waals surface area contributed by atoms with Gasteiger partial charge in [-0.25, -0.2) is 4.98 Å². The number of piperidine rings is 1. The van der Waals surface area contributed by atoms with Crippen molar-refractivity contribution in [1.29, 1.82) is 0 Å². The fourth-order valence-electron chi connectivity index (χ4n) is 3.84. The molecule has 20 heavy (non-hydrogen) atoms. The van der Waals surface area contributed by atoms with Gasteiger partial charge in [-0.2, -0.15) is 0 Å². The van der Waals surface area contributed by atoms with E-state index in [2.05, 4.69) is 4.90 Å². The van der Waals surface area contributed by atoms with Gasteiger partial charge in [-0.05, 0) is 42.9 Å². The number of rotatable bonds is 1. The quantitative estimate of drug-likeness (QED) is 0.809. The molecule has 1 aliphatic heterocycles. The Kier molecular flexibility index (Phi) is 3.06. The summed E-state index contributed by atoms with van der Waals surface area (Å²) < 4.78 is 1.21. The molecule has 2 fully saturated rings. The number of benzene rings is 1. The van der Waals surface area contributed by atoms with E-state index >= 15 is 0 Å². The molecule has 0 radical (unpaired) electrons. The van der Waals surface area contributed by atoms with Crippen molar-refractivity contribution in [2.45, 2.75) is 32.1 Å². The van der Waals surface area contributed by atoms with Crippen molar-refractivity contribution in [3.63, 3.8) is 0 Å². The summed E-state index contributed by atoms with van der Waals surface area (Å²) in [5.41, 5.74) is 7.78. The minimum atomic E-state index is 0.832. The lowest BCUT2D eigenvalue weighted by molar-refractivity contribution is 0.202. The van der Waals surface area contributed by atoms with E-state index in [1.165, 1.54) is 55.0 Å². The number of nitrogens with two attached hydrogens (primary N) is 1. The van der Waals surface area contributed by atoms with Crippen LogP contribution in [0.4, 0.5) is 10.8 Å². The standard InChI is InChI=1S/C16H21N3S/c17-13-5-6-14-15(9-13)20-16(18-14)19-8-7-11-3-1-2-4-12(11)10-19/h5-6,9,11-12H,1-4,7-8,10,17H2. The Morgan fingerprint density at radius 3 is 2.90 bits per heavy atom. The zero-order valence-electron chi connectivity index (χ0n) is 11.7. The highest BCUT2D eigenvalue weighted by atomic mass is 32.1. The van der Waals surface area contributed by atoms with Gasteiger partial charge in [-0.15, -0.1) is 0 Å². The molecule has 1 aromatic heterocycles. The summed E-state index contributed by atoms with van der Waals surface area (Å²) in [6.07, 6.45) is 7.09. The Bertz CT molecular complexity index is 621. The van der Waals surface area contributed by atoms with Crippen LogP contribution in [0.25, 0.3) is 10.2 Å². The summed E-state index contributed by atoms with van der Waals surface area (Å²) in [4.78, 5) is 7.31. The smallest absolute Gasteiger partial charge is 0.186 e. The first-order valence-electron chi connectivity index (χ1n) is 7.70. The zero-order valence-corrected chi connectivity index (χ0v) is 12.5. The van der Waals surface area contributed by atoms with Gasteiger partial charge >= 0.3 is 0 Å². The highest BCUT2D eigenvalue weighted by Crippen LogP contribution is 2.39. The second-order valence-corrected chi connectivity index (χ2v) is 7.27. The first kappa shape index (κ1) is 12.5. The van der Waals surface area contributed by atoms with Crippen molar-refractivity contribution in [2.75, 3.05) is 23.7 Å². The molecular formula is C16H21N3S. The highest BCUT2D eigenvalue weighted by Gasteiger charge is 2.32. The van der Waals surface area contributed by atoms with Crippen molar-refractivity contribution < 1.29 is 0 Å². The highest BCUT2D eigenvalue weighted by molar-refractivity contribution is 7.22. The number of anilines is 2. The van der Waals surface area contributed by atoms with Crippen LogP contribution in [-0.2, 0) is 0 Å². The van der Waals surface area contributed by atoms with Crippen LogP contribution >= 0.6 is 11.3 Å². The van der Waals surface area contributed by atoms with E-state index in [0.717, 1.165) is 23.0 Å². The van der Waals surface area contributed by atoms with Gasteiger partial charge in [0.05, 0.1) is 10.2 Å². The van der Waals surface area contributed by atoms with E-state index in [9.17, 15) is 0 Å². The Balaban J connectivity index is 1.59. The van der Waals surface area contributed by atoms with E-state index in [1.54, 1.807) is 11.3 Å². The first-order valence-corrected chi connectivity index (χ1v) is 8.52. The van der Waals surface area contributed by atoms with Crippen LogP contribution < -0.4 is 10.6 Å². The van der Waals surface area contributed by atoms with Crippen LogP contribution in [0.3, 0.4) is 0 Å². The Morgan fingerprint density at radius 1 is 1.15 bits per heavy atom. The number of fused-ring (bicyclic) bond motifs is 2. The van der Waals surface area contributed by atoms with Crippen molar-refractivity contribution in [1.82, 2.24) is 4.98 Å². The SMILES string of the molecule is Nc1ccc2nc(N3CCC4CCCCC4C3)sc2c1. The van der Waals surface area contributed by atoms with Crippen molar-refractivity contribution in [2.24, 2.45) is 11.8 Å². The molecule has 2 N–H and O–H groups in total. The minimum Gasteiger partial charge on any atom is -0.399 e. The first-order chi connectivity index (χ1) is 9.79. The lowest BCUT2D eigenvalue weighted by Gasteiger charge is -2.41. The normalized spacial score (nSPS) is 26.7. The van der Waals surface area contributed by atoms with Gasteiger partial charge in [0.25, 0.3) is 0 Å². The fourth-order valence-corrected chi connectivity index (χ4v) is 4.89. The van der Waals surface area contributed by atoms with Crippen LogP contribution in [0.1, 0.15) is 32.1 Å². The average molecular weight is 287 g/mol. The van der Waals surface area contributed by atoms with Crippen LogP contribution in [0, 0.1) is 11.8 Å². The van der Waals surface area contributed by atoms with Gasteiger partial charge in [0.1, 0.15) is 0 Å². The van der Waals surface area contributed by atoms with E-state index < -0.39 is 0 Å². The fraction of sp³-hybridized carbons (Fsp3) is 0.562. The van der Waals surface area contributed by atoms with Gasteiger partial charge in [0.15, 0.2) is 5.13 Å². The molecule has 4 rings (SSSR count). The third-order valence-corrected chi connectivity index (χ3v) is 6.04. The maximum atomic E-state index is 5.86. The average Bonchev–Trinajstić information content (AvgIpc) is 2.89. The molecule has 2 unspecified atom stereocenters. The largest absolute Gasteiger partial charge is 0.399 e. The maximum Gasteiger partial charge on any atom is 0.186 e. The Morgan fingerprint density at radius 2 is 2.00 bits per heavy atom. The van der Waals surface area contributed by atoms with Crippen LogP contribution in [0.5, 0.6) is 0 Å². The van der Waals surface area contributed by atoms with Crippen LogP contribution in [-0.4, -0.2) is 18.1 Å². The van der Waals surface area contributed by atoms with Gasteiger partial charge < -0.3 is 10.6 Å². The van der Waals surface area contributed by atoms with Crippen molar-refractivity contribution >= 4 is 32.4 Å². The minimum absolute atomic E-state index is 0.832. The van der Waals surface area contributed by atoms with E-state index in [1.807, 2.05) is 18.2 Å². The summed E-state index contributed by atoms with van der Waals surface area (Å²) in [6, 6.07) is 6.03. The van der Waals surface area contributed by atoms with E-state index in [0.29, 0.717) is 0 Å². The molecule has 1 saturated carbocycles. The molecule has 1 aromatic carbocycles. The summed E-state index contributed by atoms with van der Waals surface area (Å²) in [7, 11) is 0. The van der Waals surface area contributed by atoms with Crippen molar-refractivity contribution in [3.8, 4) is 0 Å². The molecular weight excluding hydrogens is 266 g/mol. The summed E-state index contributed by atoms with van der Waals surface area (Å²) in [5, 5.41) is 1.19. The van der Waals surface area contributed by atoms with E-state index in [4.69, 9.17) is 10.7 Å². The third-order valence-electron chi connectivity index (χ3n) is 4.96. The summed E-state index contributed by atoms with van der Waals surface area (Å²) >= 11 is 1.79. The maximum absolute atomic E-state index is 5.86. The monoisotopic (exact) mass is 287 g/mol. The van der Waals surface area contributed by atoms with Gasteiger partial charge in [-0.1, -0.05) is 30.6 Å². The van der Waals surface area contributed by atoms with Gasteiger partial charge in [-0.3, -0.25) is 0 Å². The molecule has 4 heteroatoms. The molecule has 0 bridgehead atoms. The van der Waals surface area contributed by atoms with Crippen molar-refractivity contribution in [3.05, 3.63) is 18.2 Å². The van der Waals surface area contributed by atoms with E-state index in [-0.39, 0.29) is 0 Å². The molecule has 2 aromatic rings. The molecule has 0 spiro atoms. The lowest BCUT2D eigenvalue weighted by Crippen LogP contribution is -2.41. The molecule has 2 aliphatic rings. The van der Waals surface area contributed by atoms with Crippen LogP contribution in [0.15, 0.2) is 18.2 Å². The lowest BCUT2D eigenvalue weighted by atomic mass is 9.75. The molecule has 1 saturated heterocycles. The van der Waals surface area contributed by atoms with Gasteiger partial charge in [0, 0.05) is 18.8 Å². The zero-order chi connectivity index (χ0) is 13.5. The number of nitrogens with zero attached hydrogens (tertiary/aromatic N) is 2. The number of hydrogen-bond donors (Lipinski definition) is 1. The summed E-state index contributed by atoms with van der Waals surface area (Å²) in [5.74, 6) is 1.87. The third kappa shape index (κ3) is 2.16. The Labute approximate surface area is 123 Å².